The summed E-state index contributed by atoms with van der Waals surface area (Å²) < 4.78 is 6.62. The van der Waals surface area contributed by atoms with Gasteiger partial charge in [0.1, 0.15) is 6.10 Å². The average molecular weight is 197 g/mol. The third kappa shape index (κ3) is 2.56. The van der Waals surface area contributed by atoms with Crippen LogP contribution in [0.2, 0.25) is 0 Å². The Kier molecular flexibility index (Phi) is 3.64. The van der Waals surface area contributed by atoms with Crippen LogP contribution in [0.15, 0.2) is 12.4 Å². The van der Waals surface area contributed by atoms with Gasteiger partial charge in [0.05, 0.1) is 11.9 Å². The first-order valence-corrected chi connectivity index (χ1v) is 4.53. The lowest BCUT2D eigenvalue weighted by Gasteiger charge is -2.08. The highest BCUT2D eigenvalue weighted by atomic mass is 16.5. The molecule has 0 saturated heterocycles. The molecule has 0 fully saturated rings. The second-order valence-electron chi connectivity index (χ2n) is 2.95. The number of nitrogens with zero attached hydrogens (tertiary/aromatic N) is 2. The molecule has 5 nitrogen and oxygen atoms in total. The van der Waals surface area contributed by atoms with Crippen molar-refractivity contribution in [1.29, 1.82) is 0 Å². The molecular formula is C9H15N3O2. The van der Waals surface area contributed by atoms with Crippen LogP contribution in [-0.2, 0) is 16.1 Å². The molecular weight excluding hydrogens is 182 g/mol. The number of aromatic nitrogens is 2. The van der Waals surface area contributed by atoms with E-state index in [4.69, 9.17) is 4.74 Å². The van der Waals surface area contributed by atoms with Crippen molar-refractivity contribution in [3.63, 3.8) is 0 Å². The van der Waals surface area contributed by atoms with Crippen LogP contribution in [0.1, 0.15) is 13.8 Å². The van der Waals surface area contributed by atoms with E-state index < -0.39 is 6.10 Å². The molecule has 0 spiro atoms. The van der Waals surface area contributed by atoms with E-state index in [9.17, 15) is 4.79 Å². The van der Waals surface area contributed by atoms with Gasteiger partial charge >= 0.3 is 0 Å². The quantitative estimate of drug-likeness (QED) is 0.779. The maximum Gasteiger partial charge on any atom is 0.253 e. The van der Waals surface area contributed by atoms with Crippen molar-refractivity contribution in [2.24, 2.45) is 0 Å². The van der Waals surface area contributed by atoms with Gasteiger partial charge in [0.15, 0.2) is 0 Å². The SMILES string of the molecule is CCn1cc(NC(=O)C(C)OC)cn1. The molecule has 5 heteroatoms. The predicted molar refractivity (Wildman–Crippen MR) is 53.0 cm³/mol. The molecule has 1 atom stereocenters. The van der Waals surface area contributed by atoms with Gasteiger partial charge in [-0.2, -0.15) is 5.10 Å². The lowest BCUT2D eigenvalue weighted by atomic mass is 10.3. The maximum absolute atomic E-state index is 11.4. The van der Waals surface area contributed by atoms with Crippen LogP contribution in [0.3, 0.4) is 0 Å². The molecule has 0 aromatic carbocycles. The van der Waals surface area contributed by atoms with E-state index in [-0.39, 0.29) is 5.91 Å². The fourth-order valence-corrected chi connectivity index (χ4v) is 0.952. The molecule has 14 heavy (non-hydrogen) atoms. The first-order chi connectivity index (χ1) is 6.67. The van der Waals surface area contributed by atoms with Crippen LogP contribution in [0.4, 0.5) is 5.69 Å². The minimum Gasteiger partial charge on any atom is -0.372 e. The molecule has 0 aliphatic heterocycles. The van der Waals surface area contributed by atoms with Crippen LogP contribution < -0.4 is 5.32 Å². The number of aryl methyl sites for hydroxylation is 1. The number of hydrogen-bond donors (Lipinski definition) is 1. The molecule has 1 N–H and O–H groups in total. The summed E-state index contributed by atoms with van der Waals surface area (Å²) >= 11 is 0. The Morgan fingerprint density at radius 3 is 3.00 bits per heavy atom. The summed E-state index contributed by atoms with van der Waals surface area (Å²) in [5.41, 5.74) is 0.695. The zero-order valence-corrected chi connectivity index (χ0v) is 8.65. The first kappa shape index (κ1) is 10.7. The van der Waals surface area contributed by atoms with Crippen molar-refractivity contribution >= 4 is 11.6 Å². The third-order valence-electron chi connectivity index (χ3n) is 1.95. The topological polar surface area (TPSA) is 56.2 Å². The zero-order valence-electron chi connectivity index (χ0n) is 8.65. The molecule has 1 heterocycles. The first-order valence-electron chi connectivity index (χ1n) is 4.53. The van der Waals surface area contributed by atoms with Crippen molar-refractivity contribution in [2.45, 2.75) is 26.5 Å². The molecule has 1 aromatic heterocycles. The second kappa shape index (κ2) is 4.76. The lowest BCUT2D eigenvalue weighted by Crippen LogP contribution is -2.26. The number of methoxy groups -OCH3 is 1. The van der Waals surface area contributed by atoms with Gasteiger partial charge in [0.2, 0.25) is 0 Å². The van der Waals surface area contributed by atoms with E-state index in [1.807, 2.05) is 6.92 Å². The van der Waals surface area contributed by atoms with Gasteiger partial charge in [-0.3, -0.25) is 9.48 Å². The number of carbonyl (C=O) groups excluding carboxylic acids is 1. The molecule has 78 valence electrons. The minimum atomic E-state index is -0.444. The van der Waals surface area contributed by atoms with E-state index in [1.54, 1.807) is 24.0 Å². The van der Waals surface area contributed by atoms with E-state index in [0.29, 0.717) is 5.69 Å². The van der Waals surface area contributed by atoms with Crippen molar-refractivity contribution < 1.29 is 9.53 Å². The van der Waals surface area contributed by atoms with Gasteiger partial charge < -0.3 is 10.1 Å². The van der Waals surface area contributed by atoms with E-state index >= 15 is 0 Å². The number of nitrogens with one attached hydrogen (secondary N) is 1. The van der Waals surface area contributed by atoms with E-state index in [2.05, 4.69) is 10.4 Å². The Hall–Kier alpha value is -1.36. The molecule has 1 unspecified atom stereocenters. The normalized spacial score (nSPS) is 12.5. The number of carbonyl (C=O) groups is 1. The fourth-order valence-electron chi connectivity index (χ4n) is 0.952. The Morgan fingerprint density at radius 2 is 2.50 bits per heavy atom. The summed E-state index contributed by atoms with van der Waals surface area (Å²) in [6, 6.07) is 0. The number of rotatable bonds is 4. The Balaban J connectivity index is 2.56. The van der Waals surface area contributed by atoms with Gasteiger partial charge in [-0.05, 0) is 13.8 Å². The zero-order chi connectivity index (χ0) is 10.6. The highest BCUT2D eigenvalue weighted by Crippen LogP contribution is 2.05. The molecule has 0 aliphatic rings. The summed E-state index contributed by atoms with van der Waals surface area (Å²) in [5, 5.41) is 6.73. The molecule has 0 saturated carbocycles. The number of anilines is 1. The lowest BCUT2D eigenvalue weighted by molar-refractivity contribution is -0.124. The van der Waals surface area contributed by atoms with E-state index in [0.717, 1.165) is 6.54 Å². The van der Waals surface area contributed by atoms with Crippen LogP contribution >= 0.6 is 0 Å². The number of ether oxygens (including phenoxy) is 1. The van der Waals surface area contributed by atoms with Gasteiger partial charge in [0.25, 0.3) is 5.91 Å². The molecule has 1 amide bonds. The van der Waals surface area contributed by atoms with Crippen molar-refractivity contribution in [3.05, 3.63) is 12.4 Å². The monoisotopic (exact) mass is 197 g/mol. The molecule has 1 rings (SSSR count). The highest BCUT2D eigenvalue weighted by molar-refractivity contribution is 5.93. The minimum absolute atomic E-state index is 0.164. The van der Waals surface area contributed by atoms with Crippen molar-refractivity contribution in [2.75, 3.05) is 12.4 Å². The molecule has 1 aromatic rings. The fraction of sp³-hybridized carbons (Fsp3) is 0.556. The summed E-state index contributed by atoms with van der Waals surface area (Å²) in [6.07, 6.45) is 2.95. The number of amides is 1. The Labute approximate surface area is 83.1 Å². The van der Waals surface area contributed by atoms with Crippen molar-refractivity contribution in [1.82, 2.24) is 9.78 Å². The van der Waals surface area contributed by atoms with Gasteiger partial charge in [-0.15, -0.1) is 0 Å². The summed E-state index contributed by atoms with van der Waals surface area (Å²) in [6.45, 7) is 4.46. The smallest absolute Gasteiger partial charge is 0.253 e. The second-order valence-corrected chi connectivity index (χ2v) is 2.95. The summed E-state index contributed by atoms with van der Waals surface area (Å²) in [7, 11) is 1.50. The highest BCUT2D eigenvalue weighted by Gasteiger charge is 2.11. The van der Waals surface area contributed by atoms with Gasteiger partial charge in [-0.1, -0.05) is 0 Å². The van der Waals surface area contributed by atoms with Gasteiger partial charge in [0, 0.05) is 19.9 Å². The Morgan fingerprint density at radius 1 is 1.79 bits per heavy atom. The van der Waals surface area contributed by atoms with Crippen molar-refractivity contribution in [3.8, 4) is 0 Å². The van der Waals surface area contributed by atoms with Gasteiger partial charge in [-0.25, -0.2) is 0 Å². The maximum atomic E-state index is 11.4. The largest absolute Gasteiger partial charge is 0.372 e. The van der Waals surface area contributed by atoms with Crippen LogP contribution in [0, 0.1) is 0 Å². The molecule has 0 aliphatic carbocycles. The summed E-state index contributed by atoms with van der Waals surface area (Å²) in [5.74, 6) is -0.164. The van der Waals surface area contributed by atoms with E-state index in [1.165, 1.54) is 7.11 Å². The van der Waals surface area contributed by atoms with Crippen LogP contribution in [0.5, 0.6) is 0 Å². The molecule has 0 bridgehead atoms. The number of hydrogen-bond acceptors (Lipinski definition) is 3. The van der Waals surface area contributed by atoms with Crippen LogP contribution in [0.25, 0.3) is 0 Å². The molecule has 0 radical (unpaired) electrons. The average Bonchev–Trinajstić information content (AvgIpc) is 2.64. The van der Waals surface area contributed by atoms with Crippen LogP contribution in [-0.4, -0.2) is 28.9 Å². The third-order valence-corrected chi connectivity index (χ3v) is 1.95. The standard InChI is InChI=1S/C9H15N3O2/c1-4-12-6-8(5-10-12)11-9(13)7(2)14-3/h5-7H,4H2,1-3H3,(H,11,13). The predicted octanol–water partition coefficient (Wildman–Crippen LogP) is 0.876. The summed E-state index contributed by atoms with van der Waals surface area (Å²) in [4.78, 5) is 11.4. The Bertz CT molecular complexity index is 309.